The molecule has 2 heteroatoms. The summed E-state index contributed by atoms with van der Waals surface area (Å²) in [6, 6.07) is 16.6. The monoisotopic (exact) mass is 251 g/mol. The number of benzene rings is 2. The molecule has 1 heterocycles. The molecular weight excluding hydrogens is 234 g/mol. The van der Waals surface area contributed by atoms with Gasteiger partial charge >= 0.3 is 0 Å². The van der Waals surface area contributed by atoms with E-state index in [0.717, 1.165) is 11.3 Å². The first kappa shape index (κ1) is 12.0. The molecular formula is C17H17NO. The SMILES string of the molecule is Cc1cccc(CO)c1-n1c(C)cc2ccccc21. The van der Waals surface area contributed by atoms with Crippen LogP contribution in [0.5, 0.6) is 0 Å². The van der Waals surface area contributed by atoms with Crippen LogP contribution in [0.15, 0.2) is 48.5 Å². The second-order valence-electron chi connectivity index (χ2n) is 4.92. The summed E-state index contributed by atoms with van der Waals surface area (Å²) in [6.07, 6.45) is 0. The van der Waals surface area contributed by atoms with Crippen LogP contribution in [0.4, 0.5) is 0 Å². The molecule has 19 heavy (non-hydrogen) atoms. The third kappa shape index (κ3) is 1.85. The van der Waals surface area contributed by atoms with Gasteiger partial charge in [0.25, 0.3) is 0 Å². The maximum Gasteiger partial charge on any atom is 0.0702 e. The van der Waals surface area contributed by atoms with Gasteiger partial charge in [-0.15, -0.1) is 0 Å². The Hall–Kier alpha value is -2.06. The quantitative estimate of drug-likeness (QED) is 0.737. The number of para-hydroxylation sites is 2. The van der Waals surface area contributed by atoms with Crippen LogP contribution in [0.3, 0.4) is 0 Å². The highest BCUT2D eigenvalue weighted by molar-refractivity contribution is 5.83. The van der Waals surface area contributed by atoms with E-state index in [1.54, 1.807) is 0 Å². The molecule has 1 aromatic heterocycles. The van der Waals surface area contributed by atoms with Crippen molar-refractivity contribution in [3.05, 3.63) is 65.4 Å². The Labute approximate surface area is 112 Å². The zero-order valence-electron chi connectivity index (χ0n) is 11.2. The molecule has 2 nitrogen and oxygen atoms in total. The molecule has 1 N–H and O–H groups in total. The van der Waals surface area contributed by atoms with Gasteiger partial charge in [-0.3, -0.25) is 0 Å². The zero-order valence-corrected chi connectivity index (χ0v) is 11.2. The maximum atomic E-state index is 9.59. The lowest BCUT2D eigenvalue weighted by Crippen LogP contribution is -2.03. The smallest absolute Gasteiger partial charge is 0.0702 e. The van der Waals surface area contributed by atoms with Gasteiger partial charge in [0.1, 0.15) is 0 Å². The van der Waals surface area contributed by atoms with E-state index in [-0.39, 0.29) is 6.61 Å². The third-order valence-electron chi connectivity index (χ3n) is 3.61. The number of hydrogen-bond acceptors (Lipinski definition) is 1. The lowest BCUT2D eigenvalue weighted by Gasteiger charge is -2.15. The van der Waals surface area contributed by atoms with E-state index in [4.69, 9.17) is 0 Å². The Morgan fingerprint density at radius 3 is 2.58 bits per heavy atom. The first-order valence-electron chi connectivity index (χ1n) is 6.49. The van der Waals surface area contributed by atoms with Gasteiger partial charge in [0, 0.05) is 16.6 Å². The van der Waals surface area contributed by atoms with E-state index in [9.17, 15) is 5.11 Å². The number of nitrogens with zero attached hydrogens (tertiary/aromatic N) is 1. The number of fused-ring (bicyclic) bond motifs is 1. The summed E-state index contributed by atoms with van der Waals surface area (Å²) in [6.45, 7) is 4.25. The Kier molecular flexibility index (Phi) is 2.88. The zero-order chi connectivity index (χ0) is 13.4. The van der Waals surface area contributed by atoms with Gasteiger partial charge in [0.2, 0.25) is 0 Å². The van der Waals surface area contributed by atoms with Crippen molar-refractivity contribution in [2.45, 2.75) is 20.5 Å². The fourth-order valence-corrected chi connectivity index (χ4v) is 2.76. The number of rotatable bonds is 2. The molecule has 0 saturated heterocycles. The molecule has 0 aliphatic rings. The fourth-order valence-electron chi connectivity index (χ4n) is 2.76. The molecule has 0 bridgehead atoms. The molecule has 0 unspecified atom stereocenters. The maximum absolute atomic E-state index is 9.59. The molecule has 0 spiro atoms. The topological polar surface area (TPSA) is 25.2 Å². The Bertz CT molecular complexity index is 740. The van der Waals surface area contributed by atoms with E-state index in [2.05, 4.69) is 54.8 Å². The van der Waals surface area contributed by atoms with Gasteiger partial charge in [-0.1, -0.05) is 36.4 Å². The summed E-state index contributed by atoms with van der Waals surface area (Å²) in [7, 11) is 0. The molecule has 0 saturated carbocycles. The van der Waals surface area contributed by atoms with E-state index < -0.39 is 0 Å². The number of aliphatic hydroxyl groups is 1. The van der Waals surface area contributed by atoms with E-state index in [1.165, 1.54) is 22.2 Å². The number of hydrogen-bond donors (Lipinski definition) is 1. The summed E-state index contributed by atoms with van der Waals surface area (Å²) in [5.74, 6) is 0. The molecule has 96 valence electrons. The molecule has 0 radical (unpaired) electrons. The standard InChI is InChI=1S/C17H17NO/c1-12-6-5-8-15(11-19)17(12)18-13(2)10-14-7-3-4-9-16(14)18/h3-10,19H,11H2,1-2H3. The van der Waals surface area contributed by atoms with E-state index in [1.807, 2.05) is 12.1 Å². The predicted octanol–water partition coefficient (Wildman–Crippen LogP) is 3.74. The number of aliphatic hydroxyl groups excluding tert-OH is 1. The van der Waals surface area contributed by atoms with Gasteiger partial charge in [-0.05, 0) is 31.5 Å². The Morgan fingerprint density at radius 1 is 1.00 bits per heavy atom. The highest BCUT2D eigenvalue weighted by atomic mass is 16.3. The fraction of sp³-hybridized carbons (Fsp3) is 0.176. The van der Waals surface area contributed by atoms with Crippen molar-refractivity contribution in [2.75, 3.05) is 0 Å². The van der Waals surface area contributed by atoms with Crippen molar-refractivity contribution in [1.82, 2.24) is 4.57 Å². The minimum atomic E-state index is 0.0585. The highest BCUT2D eigenvalue weighted by Crippen LogP contribution is 2.28. The van der Waals surface area contributed by atoms with Gasteiger partial charge in [0.05, 0.1) is 17.8 Å². The van der Waals surface area contributed by atoms with Crippen LogP contribution in [0.1, 0.15) is 16.8 Å². The van der Waals surface area contributed by atoms with Crippen LogP contribution >= 0.6 is 0 Å². The van der Waals surface area contributed by atoms with Gasteiger partial charge < -0.3 is 9.67 Å². The van der Waals surface area contributed by atoms with Crippen molar-refractivity contribution in [3.8, 4) is 5.69 Å². The average Bonchev–Trinajstić information content (AvgIpc) is 2.74. The summed E-state index contributed by atoms with van der Waals surface area (Å²) in [5, 5.41) is 10.8. The molecule has 0 atom stereocenters. The average molecular weight is 251 g/mol. The summed E-state index contributed by atoms with van der Waals surface area (Å²) < 4.78 is 2.23. The van der Waals surface area contributed by atoms with Crippen LogP contribution in [-0.2, 0) is 6.61 Å². The van der Waals surface area contributed by atoms with E-state index in [0.29, 0.717) is 0 Å². The van der Waals surface area contributed by atoms with Gasteiger partial charge in [-0.25, -0.2) is 0 Å². The normalized spacial score (nSPS) is 11.1. The summed E-state index contributed by atoms with van der Waals surface area (Å²) in [4.78, 5) is 0. The van der Waals surface area contributed by atoms with Crippen molar-refractivity contribution in [3.63, 3.8) is 0 Å². The van der Waals surface area contributed by atoms with Crippen LogP contribution in [0.25, 0.3) is 16.6 Å². The number of aryl methyl sites for hydroxylation is 2. The van der Waals surface area contributed by atoms with Crippen LogP contribution in [-0.4, -0.2) is 9.67 Å². The largest absolute Gasteiger partial charge is 0.392 e. The van der Waals surface area contributed by atoms with Crippen molar-refractivity contribution < 1.29 is 5.11 Å². The molecule has 2 aromatic carbocycles. The Morgan fingerprint density at radius 2 is 1.79 bits per heavy atom. The lowest BCUT2D eigenvalue weighted by molar-refractivity contribution is 0.281. The summed E-state index contributed by atoms with van der Waals surface area (Å²) in [5.41, 5.74) is 5.61. The minimum absolute atomic E-state index is 0.0585. The molecule has 3 aromatic rings. The predicted molar refractivity (Wildman–Crippen MR) is 78.7 cm³/mol. The second-order valence-corrected chi connectivity index (χ2v) is 4.92. The summed E-state index contributed by atoms with van der Waals surface area (Å²) >= 11 is 0. The van der Waals surface area contributed by atoms with E-state index >= 15 is 0 Å². The molecule has 0 aliphatic heterocycles. The highest BCUT2D eigenvalue weighted by Gasteiger charge is 2.12. The van der Waals surface area contributed by atoms with Crippen molar-refractivity contribution in [1.29, 1.82) is 0 Å². The lowest BCUT2D eigenvalue weighted by atomic mass is 10.1. The van der Waals surface area contributed by atoms with Crippen molar-refractivity contribution in [2.24, 2.45) is 0 Å². The van der Waals surface area contributed by atoms with Crippen molar-refractivity contribution >= 4 is 10.9 Å². The van der Waals surface area contributed by atoms with Gasteiger partial charge in [-0.2, -0.15) is 0 Å². The Balaban J connectivity index is 2.39. The van der Waals surface area contributed by atoms with Crippen LogP contribution in [0, 0.1) is 13.8 Å². The first-order chi connectivity index (χ1) is 9.22. The number of aromatic nitrogens is 1. The molecule has 0 amide bonds. The molecule has 0 fully saturated rings. The second kappa shape index (κ2) is 4.56. The van der Waals surface area contributed by atoms with Crippen LogP contribution < -0.4 is 0 Å². The minimum Gasteiger partial charge on any atom is -0.392 e. The third-order valence-corrected chi connectivity index (χ3v) is 3.61. The molecule has 0 aliphatic carbocycles. The first-order valence-corrected chi connectivity index (χ1v) is 6.49. The van der Waals surface area contributed by atoms with Crippen LogP contribution in [0.2, 0.25) is 0 Å². The molecule has 3 rings (SSSR count). The van der Waals surface area contributed by atoms with Gasteiger partial charge in [0.15, 0.2) is 0 Å².